The highest BCUT2D eigenvalue weighted by Crippen LogP contribution is 2.19. The van der Waals surface area contributed by atoms with E-state index in [9.17, 15) is 0 Å². The summed E-state index contributed by atoms with van der Waals surface area (Å²) in [6.07, 6.45) is -0.000479. The van der Waals surface area contributed by atoms with Crippen LogP contribution in [0.4, 0.5) is 0 Å². The quantitative estimate of drug-likeness (QED) is 0.353. The molecule has 2 rings (SSSR count). The monoisotopic (exact) mass is 235 g/mol. The second kappa shape index (κ2) is 4.73. The molecule has 0 amide bonds. The third-order valence-corrected chi connectivity index (χ3v) is 2.54. The van der Waals surface area contributed by atoms with Gasteiger partial charge in [0.1, 0.15) is 5.75 Å². The van der Waals surface area contributed by atoms with E-state index in [4.69, 9.17) is 20.5 Å². The molecule has 0 unspecified atom stereocenters. The van der Waals surface area contributed by atoms with Crippen LogP contribution >= 0.6 is 0 Å². The second-order valence-corrected chi connectivity index (χ2v) is 3.59. The number of oxime groups is 2. The largest absolute Gasteiger partial charge is 0.497 e. The maximum absolute atomic E-state index is 8.54. The zero-order chi connectivity index (χ0) is 12.3. The maximum atomic E-state index is 8.54. The van der Waals surface area contributed by atoms with E-state index < -0.39 is 6.10 Å². The molecule has 90 valence electrons. The Morgan fingerprint density at radius 3 is 2.82 bits per heavy atom. The van der Waals surface area contributed by atoms with Gasteiger partial charge in [-0.1, -0.05) is 10.3 Å². The van der Waals surface area contributed by atoms with Crippen LogP contribution in [-0.4, -0.2) is 30.0 Å². The first kappa shape index (κ1) is 11.3. The van der Waals surface area contributed by atoms with Crippen molar-refractivity contribution in [2.24, 2.45) is 16.0 Å². The summed E-state index contributed by atoms with van der Waals surface area (Å²) >= 11 is 0. The molecular formula is C11H13N3O3. The summed E-state index contributed by atoms with van der Waals surface area (Å²) in [5.74, 6) is 0.804. The van der Waals surface area contributed by atoms with Crippen LogP contribution in [0.1, 0.15) is 12.0 Å². The number of hydrogen-bond donors (Lipinski definition) is 2. The summed E-state index contributed by atoms with van der Waals surface area (Å²) in [6.45, 7) is 0. The van der Waals surface area contributed by atoms with E-state index in [2.05, 4.69) is 10.3 Å². The summed E-state index contributed by atoms with van der Waals surface area (Å²) in [7, 11) is 1.61. The maximum Gasteiger partial charge on any atom is 0.193 e. The third kappa shape index (κ3) is 2.30. The highest BCUT2D eigenvalue weighted by Gasteiger charge is 2.25. The predicted octanol–water partition coefficient (Wildman–Crippen LogP) is 0.935. The van der Waals surface area contributed by atoms with Crippen molar-refractivity contribution >= 4 is 11.5 Å². The summed E-state index contributed by atoms with van der Waals surface area (Å²) in [5, 5.41) is 15.4. The number of nitrogens with zero attached hydrogens (tertiary/aromatic N) is 2. The lowest BCUT2D eigenvalue weighted by atomic mass is 10.0. The van der Waals surface area contributed by atoms with Crippen LogP contribution in [0.5, 0.6) is 5.75 Å². The van der Waals surface area contributed by atoms with Crippen LogP contribution in [0, 0.1) is 0 Å². The van der Waals surface area contributed by atoms with Gasteiger partial charge in [0.2, 0.25) is 0 Å². The summed E-state index contributed by atoms with van der Waals surface area (Å²) in [4.78, 5) is 5.07. The molecule has 17 heavy (non-hydrogen) atoms. The summed E-state index contributed by atoms with van der Waals surface area (Å²) in [5.41, 5.74) is 7.14. The van der Waals surface area contributed by atoms with Gasteiger partial charge in [-0.05, 0) is 29.8 Å². The number of ether oxygens (including phenoxy) is 1. The molecule has 6 nitrogen and oxygen atoms in total. The van der Waals surface area contributed by atoms with Crippen LogP contribution in [0.2, 0.25) is 0 Å². The Morgan fingerprint density at radius 2 is 2.24 bits per heavy atom. The lowest BCUT2D eigenvalue weighted by Gasteiger charge is -2.04. The number of rotatable bonds is 3. The fourth-order valence-electron chi connectivity index (χ4n) is 1.55. The number of nitrogens with two attached hydrogens (primary N) is 1. The minimum Gasteiger partial charge on any atom is -0.497 e. The van der Waals surface area contributed by atoms with E-state index in [0.29, 0.717) is 6.42 Å². The van der Waals surface area contributed by atoms with Crippen LogP contribution < -0.4 is 10.5 Å². The Hall–Kier alpha value is -2.24. The van der Waals surface area contributed by atoms with E-state index in [-0.39, 0.29) is 5.84 Å². The van der Waals surface area contributed by atoms with Crippen LogP contribution in [0.3, 0.4) is 0 Å². The van der Waals surface area contributed by atoms with Crippen LogP contribution in [0.15, 0.2) is 34.6 Å². The van der Waals surface area contributed by atoms with Crippen molar-refractivity contribution in [2.45, 2.75) is 12.5 Å². The Balaban J connectivity index is 2.09. The fourth-order valence-corrected chi connectivity index (χ4v) is 1.55. The first-order valence-electron chi connectivity index (χ1n) is 5.09. The van der Waals surface area contributed by atoms with E-state index >= 15 is 0 Å². The Morgan fingerprint density at radius 1 is 1.53 bits per heavy atom. The van der Waals surface area contributed by atoms with E-state index in [0.717, 1.165) is 17.0 Å². The SMILES string of the molecule is COc1ccc(C2=NO[C@@H](/C(N)=N/O)C2)cc1. The molecule has 0 spiro atoms. The molecule has 6 heteroatoms. The molecule has 3 N–H and O–H groups in total. The minimum atomic E-state index is -0.489. The van der Waals surface area contributed by atoms with Gasteiger partial charge >= 0.3 is 0 Å². The van der Waals surface area contributed by atoms with Gasteiger partial charge in [0, 0.05) is 6.42 Å². The van der Waals surface area contributed by atoms with Gasteiger partial charge in [0.15, 0.2) is 11.9 Å². The first-order valence-corrected chi connectivity index (χ1v) is 5.09. The molecular weight excluding hydrogens is 222 g/mol. The number of hydrogen-bond acceptors (Lipinski definition) is 5. The van der Waals surface area contributed by atoms with Gasteiger partial charge in [-0.2, -0.15) is 0 Å². The van der Waals surface area contributed by atoms with Gasteiger partial charge in [-0.3, -0.25) is 0 Å². The van der Waals surface area contributed by atoms with Gasteiger partial charge in [0.25, 0.3) is 0 Å². The van der Waals surface area contributed by atoms with E-state index in [1.807, 2.05) is 24.3 Å². The molecule has 1 aliphatic rings. The zero-order valence-electron chi connectivity index (χ0n) is 9.33. The normalized spacial score (nSPS) is 19.7. The first-order chi connectivity index (χ1) is 8.24. The number of amidine groups is 1. The van der Waals surface area contributed by atoms with E-state index in [1.165, 1.54) is 0 Å². The van der Waals surface area contributed by atoms with Crippen molar-refractivity contribution in [3.8, 4) is 5.75 Å². The second-order valence-electron chi connectivity index (χ2n) is 3.59. The molecule has 0 aliphatic carbocycles. The van der Waals surface area contributed by atoms with Gasteiger partial charge in [-0.25, -0.2) is 0 Å². The Bertz CT molecular complexity index is 454. The molecule has 1 aromatic rings. The molecule has 1 atom stereocenters. The van der Waals surface area contributed by atoms with Crippen molar-refractivity contribution in [3.05, 3.63) is 29.8 Å². The Kier molecular flexibility index (Phi) is 3.13. The van der Waals surface area contributed by atoms with Crippen molar-refractivity contribution in [3.63, 3.8) is 0 Å². The molecule has 0 saturated heterocycles. The molecule has 0 saturated carbocycles. The topological polar surface area (TPSA) is 89.4 Å². The summed E-state index contributed by atoms with van der Waals surface area (Å²) in [6, 6.07) is 7.45. The molecule has 0 fully saturated rings. The van der Waals surface area contributed by atoms with Crippen LogP contribution in [0.25, 0.3) is 0 Å². The minimum absolute atomic E-state index is 0.0252. The third-order valence-electron chi connectivity index (χ3n) is 2.54. The number of methoxy groups -OCH3 is 1. The lowest BCUT2D eigenvalue weighted by Crippen LogP contribution is -2.29. The zero-order valence-corrected chi connectivity index (χ0v) is 9.33. The van der Waals surface area contributed by atoms with Crippen molar-refractivity contribution in [1.82, 2.24) is 0 Å². The summed E-state index contributed by atoms with van der Waals surface area (Å²) < 4.78 is 5.07. The average Bonchev–Trinajstić information content (AvgIpc) is 2.87. The van der Waals surface area contributed by atoms with Gasteiger partial charge in [-0.15, -0.1) is 0 Å². The standard InChI is InChI=1S/C11H13N3O3/c1-16-8-4-2-7(3-5-8)9-6-10(17-14-9)11(12)13-15/h2-5,10,15H,6H2,1H3,(H2,12,13)/t10-/m1/s1. The van der Waals surface area contributed by atoms with Gasteiger partial charge < -0.3 is 20.5 Å². The smallest absolute Gasteiger partial charge is 0.193 e. The van der Waals surface area contributed by atoms with Gasteiger partial charge in [0.05, 0.1) is 12.8 Å². The highest BCUT2D eigenvalue weighted by molar-refractivity contribution is 6.04. The molecule has 1 heterocycles. The molecule has 0 bridgehead atoms. The average molecular weight is 235 g/mol. The number of benzene rings is 1. The van der Waals surface area contributed by atoms with Crippen molar-refractivity contribution in [2.75, 3.05) is 7.11 Å². The molecule has 1 aliphatic heterocycles. The molecule has 1 aromatic carbocycles. The van der Waals surface area contributed by atoms with Crippen molar-refractivity contribution in [1.29, 1.82) is 0 Å². The predicted molar refractivity (Wildman–Crippen MR) is 62.4 cm³/mol. The molecule has 0 aromatic heterocycles. The molecule has 0 radical (unpaired) electrons. The van der Waals surface area contributed by atoms with Crippen LogP contribution in [-0.2, 0) is 4.84 Å². The van der Waals surface area contributed by atoms with E-state index in [1.54, 1.807) is 7.11 Å². The van der Waals surface area contributed by atoms with Crippen molar-refractivity contribution < 1.29 is 14.8 Å². The Labute approximate surface area is 98.3 Å². The highest BCUT2D eigenvalue weighted by atomic mass is 16.6. The fraction of sp³-hybridized carbons (Fsp3) is 0.273. The lowest BCUT2D eigenvalue weighted by molar-refractivity contribution is 0.128.